The third kappa shape index (κ3) is 5.14. The number of likely N-dealkylation sites (tertiary alicyclic amines) is 1. The number of carboxylic acid groups (broad SMARTS) is 1. The number of aliphatic hydroxyl groups is 1. The summed E-state index contributed by atoms with van der Waals surface area (Å²) >= 11 is 0. The van der Waals surface area contributed by atoms with Crippen LogP contribution in [0, 0.1) is 11.7 Å². The molecule has 4 rings (SSSR count). The molecule has 0 unspecified atom stereocenters. The Morgan fingerprint density at radius 1 is 1.15 bits per heavy atom. The van der Waals surface area contributed by atoms with E-state index in [4.69, 9.17) is 9.63 Å². The van der Waals surface area contributed by atoms with Crippen molar-refractivity contribution in [2.24, 2.45) is 5.92 Å². The van der Waals surface area contributed by atoms with Gasteiger partial charge in [-0.3, -0.25) is 4.79 Å². The fourth-order valence-electron chi connectivity index (χ4n) is 4.30. The van der Waals surface area contributed by atoms with Crippen molar-refractivity contribution in [2.45, 2.75) is 38.8 Å². The zero-order valence-electron chi connectivity index (χ0n) is 18.1. The van der Waals surface area contributed by atoms with Crippen LogP contribution < -0.4 is 5.32 Å². The maximum absolute atomic E-state index is 13.1. The highest BCUT2D eigenvalue weighted by molar-refractivity contribution is 5.94. The van der Waals surface area contributed by atoms with Gasteiger partial charge in [0.25, 0.3) is 5.91 Å². The Bertz CT molecular complexity index is 1140. The second-order valence-corrected chi connectivity index (χ2v) is 8.31. The lowest BCUT2D eigenvalue weighted by molar-refractivity contribution is 0.0950. The van der Waals surface area contributed by atoms with Crippen LogP contribution in [-0.2, 0) is 19.6 Å². The van der Waals surface area contributed by atoms with Crippen LogP contribution in [0.25, 0.3) is 11.0 Å². The van der Waals surface area contributed by atoms with E-state index in [1.807, 2.05) is 12.1 Å². The molecule has 9 heteroatoms. The normalized spacial score (nSPS) is 14.5. The molecule has 0 bridgehead atoms. The second kappa shape index (κ2) is 9.99. The predicted octanol–water partition coefficient (Wildman–Crippen LogP) is 3.71. The molecule has 0 spiro atoms. The zero-order valence-corrected chi connectivity index (χ0v) is 18.1. The molecule has 3 N–H and O–H groups in total. The number of halogens is 1. The number of benzene rings is 2. The quantitative estimate of drug-likeness (QED) is 0.500. The van der Waals surface area contributed by atoms with Gasteiger partial charge in [0, 0.05) is 36.1 Å². The molecular weight excluding hydrogens is 429 g/mol. The van der Waals surface area contributed by atoms with E-state index in [0.29, 0.717) is 47.7 Å². The van der Waals surface area contributed by atoms with Gasteiger partial charge in [0.2, 0.25) is 0 Å². The number of carbonyl (C=O) groups excluding carboxylic acids is 1. The van der Waals surface area contributed by atoms with Gasteiger partial charge >= 0.3 is 6.09 Å². The fourth-order valence-corrected chi connectivity index (χ4v) is 4.30. The number of rotatable bonds is 7. The summed E-state index contributed by atoms with van der Waals surface area (Å²) in [5.74, 6) is -0.316. The number of aryl methyl sites for hydroxylation is 1. The number of aromatic nitrogens is 1. The highest BCUT2D eigenvalue weighted by Crippen LogP contribution is 2.29. The Morgan fingerprint density at radius 2 is 1.88 bits per heavy atom. The Hall–Kier alpha value is -3.46. The van der Waals surface area contributed by atoms with Gasteiger partial charge in [0.15, 0.2) is 5.58 Å². The van der Waals surface area contributed by atoms with Gasteiger partial charge in [-0.2, -0.15) is 0 Å². The third-order valence-electron chi connectivity index (χ3n) is 6.29. The van der Waals surface area contributed by atoms with Gasteiger partial charge in [0.1, 0.15) is 5.82 Å². The van der Waals surface area contributed by atoms with Crippen LogP contribution in [-0.4, -0.2) is 45.4 Å². The maximum Gasteiger partial charge on any atom is 0.407 e. The first kappa shape index (κ1) is 22.7. The van der Waals surface area contributed by atoms with E-state index >= 15 is 0 Å². The summed E-state index contributed by atoms with van der Waals surface area (Å²) < 4.78 is 18.6. The predicted molar refractivity (Wildman–Crippen MR) is 118 cm³/mol. The van der Waals surface area contributed by atoms with Crippen molar-refractivity contribution >= 4 is 23.0 Å². The first-order valence-corrected chi connectivity index (χ1v) is 11.0. The van der Waals surface area contributed by atoms with Gasteiger partial charge in [-0.05, 0) is 67.5 Å². The van der Waals surface area contributed by atoms with E-state index in [1.165, 1.54) is 29.2 Å². The van der Waals surface area contributed by atoms with Crippen molar-refractivity contribution in [3.05, 3.63) is 64.6 Å². The first-order chi connectivity index (χ1) is 16.0. The molecular formula is C24H26FN3O5. The number of aliphatic hydroxyl groups excluding tert-OH is 1. The summed E-state index contributed by atoms with van der Waals surface area (Å²) in [6, 6.07) is 9.00. The summed E-state index contributed by atoms with van der Waals surface area (Å²) in [7, 11) is 0. The molecule has 174 valence electrons. The number of nitrogens with zero attached hydrogens (tertiary/aromatic N) is 2. The molecule has 1 aliphatic heterocycles. The van der Waals surface area contributed by atoms with Gasteiger partial charge in [-0.1, -0.05) is 11.2 Å². The van der Waals surface area contributed by atoms with E-state index < -0.39 is 11.9 Å². The third-order valence-corrected chi connectivity index (χ3v) is 6.29. The lowest BCUT2D eigenvalue weighted by Crippen LogP contribution is -2.37. The van der Waals surface area contributed by atoms with Crippen molar-refractivity contribution < 1.29 is 28.7 Å². The van der Waals surface area contributed by atoms with Crippen molar-refractivity contribution in [1.29, 1.82) is 0 Å². The molecule has 1 saturated heterocycles. The van der Waals surface area contributed by atoms with Gasteiger partial charge in [-0.25, -0.2) is 9.18 Å². The number of hydrogen-bond donors (Lipinski definition) is 3. The minimum atomic E-state index is -0.864. The second-order valence-electron chi connectivity index (χ2n) is 8.31. The minimum absolute atomic E-state index is 0.181. The van der Waals surface area contributed by atoms with E-state index in [0.717, 1.165) is 30.3 Å². The highest BCUT2D eigenvalue weighted by atomic mass is 19.1. The number of nitrogens with one attached hydrogen (secondary N) is 1. The van der Waals surface area contributed by atoms with E-state index in [1.54, 1.807) is 0 Å². The van der Waals surface area contributed by atoms with Crippen LogP contribution in [0.5, 0.6) is 0 Å². The van der Waals surface area contributed by atoms with Crippen LogP contribution in [0.15, 0.2) is 40.9 Å². The van der Waals surface area contributed by atoms with Gasteiger partial charge in [-0.15, -0.1) is 0 Å². The maximum atomic E-state index is 13.1. The molecule has 2 aromatic carbocycles. The van der Waals surface area contributed by atoms with Crippen molar-refractivity contribution in [1.82, 2.24) is 15.4 Å². The first-order valence-electron chi connectivity index (χ1n) is 11.0. The SMILES string of the molecule is O=C(NCc1ccc2c(CCC3CCN(C(=O)O)CC3)noc2c1CO)c1ccc(F)cc1. The Labute approximate surface area is 190 Å². The average molecular weight is 455 g/mol. The molecule has 8 nitrogen and oxygen atoms in total. The molecule has 0 saturated carbocycles. The number of amides is 2. The lowest BCUT2D eigenvalue weighted by Gasteiger charge is -2.29. The number of carbonyl (C=O) groups is 2. The molecule has 1 fully saturated rings. The van der Waals surface area contributed by atoms with E-state index in [-0.39, 0.29) is 19.1 Å². The molecule has 0 radical (unpaired) electrons. The number of piperidine rings is 1. The number of fused-ring (bicyclic) bond motifs is 1. The molecule has 33 heavy (non-hydrogen) atoms. The van der Waals surface area contributed by atoms with Crippen LogP contribution in [0.2, 0.25) is 0 Å². The van der Waals surface area contributed by atoms with Crippen LogP contribution in [0.4, 0.5) is 9.18 Å². The van der Waals surface area contributed by atoms with Gasteiger partial charge < -0.3 is 25.0 Å². The Morgan fingerprint density at radius 3 is 2.55 bits per heavy atom. The lowest BCUT2D eigenvalue weighted by atomic mass is 9.91. The average Bonchev–Trinajstić information content (AvgIpc) is 3.24. The molecule has 1 aromatic heterocycles. The Balaban J connectivity index is 1.41. The van der Waals surface area contributed by atoms with Crippen LogP contribution in [0.1, 0.15) is 46.4 Å². The molecule has 0 atom stereocenters. The highest BCUT2D eigenvalue weighted by Gasteiger charge is 2.23. The molecule has 0 aliphatic carbocycles. The minimum Gasteiger partial charge on any atom is -0.465 e. The van der Waals surface area contributed by atoms with E-state index in [2.05, 4.69) is 10.5 Å². The number of hydrogen-bond acceptors (Lipinski definition) is 5. The molecule has 3 aromatic rings. The van der Waals surface area contributed by atoms with Crippen molar-refractivity contribution in [3.8, 4) is 0 Å². The topological polar surface area (TPSA) is 116 Å². The summed E-state index contributed by atoms with van der Waals surface area (Å²) in [6.45, 7) is 1.03. The summed E-state index contributed by atoms with van der Waals surface area (Å²) in [4.78, 5) is 24.8. The van der Waals surface area contributed by atoms with Crippen LogP contribution >= 0.6 is 0 Å². The summed E-state index contributed by atoms with van der Waals surface area (Å²) in [5.41, 5.74) is 2.94. The smallest absolute Gasteiger partial charge is 0.407 e. The summed E-state index contributed by atoms with van der Waals surface area (Å²) in [6.07, 6.45) is 2.40. The summed E-state index contributed by atoms with van der Waals surface area (Å²) in [5, 5.41) is 26.8. The molecule has 2 amide bonds. The zero-order chi connectivity index (χ0) is 23.4. The molecule has 2 heterocycles. The fraction of sp³-hybridized carbons (Fsp3) is 0.375. The monoisotopic (exact) mass is 455 g/mol. The van der Waals surface area contributed by atoms with Gasteiger partial charge in [0.05, 0.1) is 12.3 Å². The van der Waals surface area contributed by atoms with Crippen molar-refractivity contribution in [3.63, 3.8) is 0 Å². The molecule has 1 aliphatic rings. The van der Waals surface area contributed by atoms with Crippen LogP contribution in [0.3, 0.4) is 0 Å². The largest absolute Gasteiger partial charge is 0.465 e. The van der Waals surface area contributed by atoms with E-state index in [9.17, 15) is 19.1 Å². The van der Waals surface area contributed by atoms with Crippen molar-refractivity contribution in [2.75, 3.05) is 13.1 Å². The standard InChI is InChI=1S/C24H26FN3O5/c25-18-5-2-16(3-6-18)23(30)26-13-17-4-7-19-21(27-33-22(19)20(17)14-29)8-1-15-9-11-28(12-10-15)24(31)32/h2-7,15,29H,1,8-14H2,(H,26,30)(H,31,32). The Kier molecular flexibility index (Phi) is 6.88.